The number of unbranched alkanes of at least 4 members (excludes halogenated alkanes) is 19. The minimum atomic E-state index is -4.65. The summed E-state index contributed by atoms with van der Waals surface area (Å²) in [5, 5.41) is 0. The van der Waals surface area contributed by atoms with Crippen LogP contribution in [0.2, 0.25) is 0 Å². The summed E-state index contributed by atoms with van der Waals surface area (Å²) < 4.78 is 33.9. The molecular weight excluding hydrogens is 774 g/mol. The van der Waals surface area contributed by atoms with Crippen LogP contribution in [0.4, 0.5) is 0 Å². The third kappa shape index (κ3) is 45.2. The average Bonchev–Trinajstić information content (AvgIpc) is 3.20. The molecule has 1 unspecified atom stereocenters. The van der Waals surface area contributed by atoms with E-state index in [1.807, 2.05) is 27.2 Å². The fourth-order valence-corrected chi connectivity index (χ4v) is 6.96. The fraction of sp³-hybridized carbons (Fsp3) is 0.760. The minimum Gasteiger partial charge on any atom is -0.756 e. The maximum Gasteiger partial charge on any atom is 0.306 e. The molecule has 60 heavy (non-hydrogen) atoms. The number of ether oxygens (including phenoxy) is 2. The predicted octanol–water partition coefficient (Wildman–Crippen LogP) is 13.4. The van der Waals surface area contributed by atoms with Crippen molar-refractivity contribution in [3.63, 3.8) is 0 Å². The van der Waals surface area contributed by atoms with Crippen LogP contribution in [0.5, 0.6) is 0 Å². The Morgan fingerprint density at radius 3 is 1.40 bits per heavy atom. The van der Waals surface area contributed by atoms with Gasteiger partial charge in [-0.3, -0.25) is 14.2 Å². The molecule has 0 aliphatic carbocycles. The van der Waals surface area contributed by atoms with Crippen molar-refractivity contribution in [2.45, 2.75) is 200 Å². The van der Waals surface area contributed by atoms with Gasteiger partial charge in [0, 0.05) is 12.8 Å². The summed E-state index contributed by atoms with van der Waals surface area (Å²) in [4.78, 5) is 37.6. The molecule has 9 nitrogen and oxygen atoms in total. The van der Waals surface area contributed by atoms with Crippen molar-refractivity contribution in [3.05, 3.63) is 60.8 Å². The van der Waals surface area contributed by atoms with Crippen molar-refractivity contribution in [1.29, 1.82) is 0 Å². The number of likely N-dealkylation sites (N-methyl/N-ethyl adjacent to an activating group) is 1. The number of phosphoric acid groups is 1. The molecule has 0 spiro atoms. The normalized spacial score (nSPS) is 14.0. The number of allylic oxidation sites excluding steroid dienone is 10. The SMILES string of the molecule is CCCCCCCC/C=C/CCCCCCCC(=O)OC[C@H](COP(=O)([O-])OCC[N+](C)(C)C)OC(=O)CCC/C=C/C/C=C/C/C=C/C/C=C/CCCCCCCCC. The molecule has 0 aromatic rings. The molecule has 0 aliphatic heterocycles. The zero-order valence-corrected chi connectivity index (χ0v) is 40.0. The molecule has 0 N–H and O–H groups in total. The first kappa shape index (κ1) is 57.7. The number of nitrogens with zero attached hydrogens (tertiary/aromatic N) is 1. The summed E-state index contributed by atoms with van der Waals surface area (Å²) >= 11 is 0. The molecule has 0 amide bonds. The van der Waals surface area contributed by atoms with E-state index in [-0.39, 0.29) is 26.1 Å². The van der Waals surface area contributed by atoms with Gasteiger partial charge in [0.1, 0.15) is 19.8 Å². The van der Waals surface area contributed by atoms with Crippen molar-refractivity contribution >= 4 is 19.8 Å². The summed E-state index contributed by atoms with van der Waals surface area (Å²) in [5.74, 6) is -0.911. The van der Waals surface area contributed by atoms with E-state index in [2.05, 4.69) is 68.5 Å². The summed E-state index contributed by atoms with van der Waals surface area (Å²) in [6.07, 6.45) is 51.2. The summed E-state index contributed by atoms with van der Waals surface area (Å²) in [7, 11) is 1.12. The van der Waals surface area contributed by atoms with Gasteiger partial charge in [0.25, 0.3) is 7.82 Å². The van der Waals surface area contributed by atoms with E-state index in [4.69, 9.17) is 18.5 Å². The van der Waals surface area contributed by atoms with E-state index in [9.17, 15) is 19.0 Å². The van der Waals surface area contributed by atoms with E-state index in [1.54, 1.807) is 0 Å². The van der Waals surface area contributed by atoms with Crippen molar-refractivity contribution in [2.24, 2.45) is 0 Å². The van der Waals surface area contributed by atoms with E-state index in [0.717, 1.165) is 51.4 Å². The fourth-order valence-electron chi connectivity index (χ4n) is 6.23. The average molecular weight is 864 g/mol. The van der Waals surface area contributed by atoms with Crippen LogP contribution in [0, 0.1) is 0 Å². The highest BCUT2D eigenvalue weighted by atomic mass is 31.2. The minimum absolute atomic E-state index is 0.0443. The van der Waals surface area contributed by atoms with Gasteiger partial charge in [-0.05, 0) is 77.0 Å². The van der Waals surface area contributed by atoms with Gasteiger partial charge in [0.2, 0.25) is 0 Å². The van der Waals surface area contributed by atoms with Gasteiger partial charge in [-0.25, -0.2) is 0 Å². The van der Waals surface area contributed by atoms with Crippen LogP contribution < -0.4 is 4.89 Å². The summed E-state index contributed by atoms with van der Waals surface area (Å²) in [5.41, 5.74) is 0. The Hall–Kier alpha value is -2.29. The lowest BCUT2D eigenvalue weighted by Gasteiger charge is -2.28. The highest BCUT2D eigenvalue weighted by Crippen LogP contribution is 2.38. The zero-order chi connectivity index (χ0) is 44.3. The van der Waals surface area contributed by atoms with Crippen LogP contribution in [-0.4, -0.2) is 70.0 Å². The third-order valence-electron chi connectivity index (χ3n) is 10.0. The molecule has 10 heteroatoms. The van der Waals surface area contributed by atoms with Gasteiger partial charge in [-0.2, -0.15) is 0 Å². The Labute approximate surface area is 368 Å². The Morgan fingerprint density at radius 2 is 0.917 bits per heavy atom. The first-order valence-corrected chi connectivity index (χ1v) is 25.5. The van der Waals surface area contributed by atoms with E-state index < -0.39 is 32.5 Å². The Balaban J connectivity index is 4.43. The van der Waals surface area contributed by atoms with Gasteiger partial charge in [0.05, 0.1) is 27.7 Å². The molecule has 0 saturated carbocycles. The van der Waals surface area contributed by atoms with Crippen LogP contribution in [0.15, 0.2) is 60.8 Å². The second-order valence-electron chi connectivity index (χ2n) is 17.1. The molecule has 2 atom stereocenters. The van der Waals surface area contributed by atoms with Crippen LogP contribution in [0.1, 0.15) is 194 Å². The number of esters is 2. The number of carbonyl (C=O) groups excluding carboxylic acids is 2. The highest BCUT2D eigenvalue weighted by molar-refractivity contribution is 7.45. The monoisotopic (exact) mass is 864 g/mol. The van der Waals surface area contributed by atoms with Crippen LogP contribution >= 0.6 is 7.82 Å². The molecule has 0 rings (SSSR count). The maximum absolute atomic E-state index is 12.7. The standard InChI is InChI=1S/C50H90NO8P/c1-6-8-10-12-14-16-18-20-22-23-24-25-26-27-29-31-33-35-37-39-41-43-50(53)59-48(47-58-60(54,55)57-45-44-51(3,4)5)46-56-49(52)42-40-38-36-34-32-30-28-21-19-17-15-13-11-9-7-2/h21-23,25-26,28-29,31,35,37,48H,6-20,24,27,30,32-34,36,38-47H2,1-5H3/b23-22+,26-25+,28-21+,31-29+,37-35+/t48-/m1/s1. The second-order valence-corrected chi connectivity index (χ2v) is 18.5. The van der Waals surface area contributed by atoms with Gasteiger partial charge < -0.3 is 27.9 Å². The van der Waals surface area contributed by atoms with Crippen LogP contribution in [0.25, 0.3) is 0 Å². The number of carbonyl (C=O) groups is 2. The zero-order valence-electron chi connectivity index (χ0n) is 39.1. The van der Waals surface area contributed by atoms with Gasteiger partial charge >= 0.3 is 11.9 Å². The summed E-state index contributed by atoms with van der Waals surface area (Å²) in [6.45, 7) is 4.15. The van der Waals surface area contributed by atoms with Crippen molar-refractivity contribution in [2.75, 3.05) is 47.5 Å². The van der Waals surface area contributed by atoms with Gasteiger partial charge in [-0.15, -0.1) is 0 Å². The molecular formula is C50H90NO8P. The first-order valence-electron chi connectivity index (χ1n) is 24.0. The lowest BCUT2D eigenvalue weighted by atomic mass is 10.1. The predicted molar refractivity (Wildman–Crippen MR) is 250 cm³/mol. The maximum atomic E-state index is 12.7. The van der Waals surface area contributed by atoms with Crippen molar-refractivity contribution in [3.8, 4) is 0 Å². The van der Waals surface area contributed by atoms with Crippen molar-refractivity contribution < 1.29 is 42.1 Å². The van der Waals surface area contributed by atoms with E-state index in [1.165, 1.54) is 96.3 Å². The topological polar surface area (TPSA) is 111 Å². The number of hydrogen-bond donors (Lipinski definition) is 0. The molecule has 0 bridgehead atoms. The smallest absolute Gasteiger partial charge is 0.306 e. The molecule has 0 fully saturated rings. The number of hydrogen-bond acceptors (Lipinski definition) is 8. The number of phosphoric ester groups is 1. The second kappa shape index (κ2) is 42.0. The highest BCUT2D eigenvalue weighted by Gasteiger charge is 2.21. The number of quaternary nitrogens is 1. The summed E-state index contributed by atoms with van der Waals surface area (Å²) in [6, 6.07) is 0. The third-order valence-corrected chi connectivity index (χ3v) is 11.0. The quantitative estimate of drug-likeness (QED) is 0.0196. The van der Waals surface area contributed by atoms with E-state index >= 15 is 0 Å². The van der Waals surface area contributed by atoms with E-state index in [0.29, 0.717) is 30.3 Å². The largest absolute Gasteiger partial charge is 0.756 e. The van der Waals surface area contributed by atoms with Gasteiger partial charge in [-0.1, -0.05) is 164 Å². The Morgan fingerprint density at radius 1 is 0.517 bits per heavy atom. The van der Waals surface area contributed by atoms with Crippen LogP contribution in [0.3, 0.4) is 0 Å². The molecule has 0 aromatic carbocycles. The lowest BCUT2D eigenvalue weighted by Crippen LogP contribution is -2.37. The lowest BCUT2D eigenvalue weighted by molar-refractivity contribution is -0.870. The number of rotatable bonds is 43. The Kier molecular flexibility index (Phi) is 40.4. The molecule has 348 valence electrons. The van der Waals surface area contributed by atoms with Crippen LogP contribution in [-0.2, 0) is 32.7 Å². The molecule has 0 aromatic heterocycles. The molecule has 0 aliphatic rings. The molecule has 0 radical (unpaired) electrons. The molecule has 0 heterocycles. The molecule has 0 saturated heterocycles. The Bertz CT molecular complexity index is 1210. The first-order chi connectivity index (χ1) is 29.0. The van der Waals surface area contributed by atoms with Crippen molar-refractivity contribution in [1.82, 2.24) is 0 Å². The van der Waals surface area contributed by atoms with Gasteiger partial charge in [0.15, 0.2) is 6.10 Å².